The molecule has 0 aliphatic heterocycles. The van der Waals surface area contributed by atoms with E-state index in [1.807, 2.05) is 0 Å². The summed E-state index contributed by atoms with van der Waals surface area (Å²) in [5.41, 5.74) is 2.32. The van der Waals surface area contributed by atoms with Crippen LogP contribution in [-0.2, 0) is 11.2 Å². The monoisotopic (exact) mass is 385 g/mol. The second-order valence-corrected chi connectivity index (χ2v) is 6.43. The zero-order valence-corrected chi connectivity index (χ0v) is 16.2. The highest BCUT2D eigenvalue weighted by molar-refractivity contribution is 6.01. The van der Waals surface area contributed by atoms with Crippen LogP contribution >= 0.6 is 0 Å². The molecule has 0 amide bonds. The van der Waals surface area contributed by atoms with E-state index < -0.39 is 11.9 Å². The molecular formula is C21H21O7-. The van der Waals surface area contributed by atoms with E-state index in [1.54, 1.807) is 24.3 Å². The van der Waals surface area contributed by atoms with Crippen molar-refractivity contribution in [2.24, 2.45) is 0 Å². The summed E-state index contributed by atoms with van der Waals surface area (Å²) in [7, 11) is 5.97. The summed E-state index contributed by atoms with van der Waals surface area (Å²) < 4.78 is 21.4. The van der Waals surface area contributed by atoms with E-state index in [-0.39, 0.29) is 18.6 Å². The largest absolute Gasteiger partial charge is 0.550 e. The number of carbonyl (C=O) groups is 2. The van der Waals surface area contributed by atoms with Gasteiger partial charge in [-0.3, -0.25) is 4.79 Å². The maximum atomic E-state index is 13.0. The Balaban J connectivity index is 2.30. The first kappa shape index (κ1) is 19.5. The van der Waals surface area contributed by atoms with Crippen LogP contribution in [0.1, 0.15) is 39.4 Å². The third kappa shape index (κ3) is 3.35. The van der Waals surface area contributed by atoms with Crippen molar-refractivity contribution in [1.29, 1.82) is 0 Å². The van der Waals surface area contributed by atoms with E-state index in [9.17, 15) is 14.7 Å². The molecule has 3 rings (SSSR count). The molecule has 0 bridgehead atoms. The first-order chi connectivity index (χ1) is 13.4. The fourth-order valence-corrected chi connectivity index (χ4v) is 3.66. The minimum atomic E-state index is -1.22. The van der Waals surface area contributed by atoms with Gasteiger partial charge < -0.3 is 28.8 Å². The number of ether oxygens (including phenoxy) is 4. The molecule has 2 aromatic rings. The van der Waals surface area contributed by atoms with E-state index in [1.165, 1.54) is 28.4 Å². The van der Waals surface area contributed by atoms with Gasteiger partial charge in [0, 0.05) is 23.9 Å². The molecular weight excluding hydrogens is 364 g/mol. The third-order valence-electron chi connectivity index (χ3n) is 4.97. The standard InChI is InChI=1S/C21H22O7/c1-25-17-6-11-5-16(22)15-9-20(28-4)19(27-3)8-13(15)14(10-21(23)24)12(11)7-18(17)26-2/h6-9,14H,5,10H2,1-4H3,(H,23,24)/p-1/t14-/m0/s1. The number of rotatable bonds is 6. The molecule has 0 aromatic heterocycles. The summed E-state index contributed by atoms with van der Waals surface area (Å²) in [6.07, 6.45) is -0.194. The van der Waals surface area contributed by atoms with Crippen LogP contribution in [0.2, 0.25) is 0 Å². The molecule has 7 heteroatoms. The summed E-state index contributed by atoms with van der Waals surface area (Å²) in [6, 6.07) is 6.69. The van der Waals surface area contributed by atoms with Crippen LogP contribution in [0.15, 0.2) is 24.3 Å². The number of methoxy groups -OCH3 is 4. The summed E-state index contributed by atoms with van der Waals surface area (Å²) >= 11 is 0. The molecule has 0 spiro atoms. The molecule has 0 unspecified atom stereocenters. The number of benzene rings is 2. The van der Waals surface area contributed by atoms with Gasteiger partial charge in [0.2, 0.25) is 0 Å². The molecule has 0 fully saturated rings. The predicted octanol–water partition coefficient (Wildman–Crippen LogP) is 1.73. The minimum Gasteiger partial charge on any atom is -0.550 e. The smallest absolute Gasteiger partial charge is 0.167 e. The zero-order valence-electron chi connectivity index (χ0n) is 16.2. The van der Waals surface area contributed by atoms with Crippen LogP contribution in [0, 0.1) is 0 Å². The lowest BCUT2D eigenvalue weighted by atomic mass is 9.85. The molecule has 0 saturated heterocycles. The highest BCUT2D eigenvalue weighted by Crippen LogP contribution is 2.44. The maximum absolute atomic E-state index is 13.0. The summed E-state index contributed by atoms with van der Waals surface area (Å²) in [5, 5.41) is 11.5. The van der Waals surface area contributed by atoms with Crippen LogP contribution < -0.4 is 24.1 Å². The van der Waals surface area contributed by atoms with Gasteiger partial charge in [-0.2, -0.15) is 0 Å². The highest BCUT2D eigenvalue weighted by atomic mass is 16.5. The van der Waals surface area contributed by atoms with Crippen molar-refractivity contribution in [3.63, 3.8) is 0 Å². The second kappa shape index (κ2) is 7.80. The van der Waals surface area contributed by atoms with Crippen molar-refractivity contribution >= 4 is 11.8 Å². The molecule has 0 saturated carbocycles. The molecule has 1 aliphatic carbocycles. The number of hydrogen-bond acceptors (Lipinski definition) is 7. The quantitative estimate of drug-likeness (QED) is 0.747. The Kier molecular flexibility index (Phi) is 5.44. The van der Waals surface area contributed by atoms with E-state index in [4.69, 9.17) is 18.9 Å². The van der Waals surface area contributed by atoms with Gasteiger partial charge in [0.25, 0.3) is 0 Å². The molecule has 28 heavy (non-hydrogen) atoms. The van der Waals surface area contributed by atoms with Crippen molar-refractivity contribution in [3.8, 4) is 23.0 Å². The lowest BCUT2D eigenvalue weighted by Crippen LogP contribution is -2.25. The van der Waals surface area contributed by atoms with Gasteiger partial charge in [0.05, 0.1) is 28.4 Å². The number of fused-ring (bicyclic) bond motifs is 2. The summed E-state index contributed by atoms with van der Waals surface area (Å²) in [5.74, 6) is -0.222. The summed E-state index contributed by atoms with van der Waals surface area (Å²) in [6.45, 7) is 0. The van der Waals surface area contributed by atoms with Gasteiger partial charge in [0.1, 0.15) is 0 Å². The fourth-order valence-electron chi connectivity index (χ4n) is 3.66. The maximum Gasteiger partial charge on any atom is 0.167 e. The number of Topliss-reactive ketones (excluding diaryl/α,β-unsaturated/α-hetero) is 1. The molecule has 148 valence electrons. The lowest BCUT2D eigenvalue weighted by molar-refractivity contribution is -0.306. The first-order valence-corrected chi connectivity index (χ1v) is 8.67. The third-order valence-corrected chi connectivity index (χ3v) is 4.97. The van der Waals surface area contributed by atoms with Gasteiger partial charge in [-0.25, -0.2) is 0 Å². The summed E-state index contributed by atoms with van der Waals surface area (Å²) in [4.78, 5) is 24.5. The topological polar surface area (TPSA) is 94.1 Å². The van der Waals surface area contributed by atoms with Gasteiger partial charge in [-0.15, -0.1) is 0 Å². The lowest BCUT2D eigenvalue weighted by Gasteiger charge is -2.23. The second-order valence-electron chi connectivity index (χ2n) is 6.43. The molecule has 0 radical (unpaired) electrons. The number of ketones is 1. The highest BCUT2D eigenvalue weighted by Gasteiger charge is 2.31. The number of aliphatic carboxylic acids is 1. The van der Waals surface area contributed by atoms with Crippen molar-refractivity contribution in [3.05, 3.63) is 46.5 Å². The molecule has 2 aromatic carbocycles. The van der Waals surface area contributed by atoms with Crippen LogP contribution in [0.5, 0.6) is 23.0 Å². The Bertz CT molecular complexity index is 933. The Morgan fingerprint density at radius 3 is 1.93 bits per heavy atom. The van der Waals surface area contributed by atoms with Crippen LogP contribution in [0.25, 0.3) is 0 Å². The average molecular weight is 385 g/mol. The number of carbonyl (C=O) groups excluding carboxylic acids is 2. The average Bonchev–Trinajstić information content (AvgIpc) is 2.79. The first-order valence-electron chi connectivity index (χ1n) is 8.67. The molecule has 0 heterocycles. The van der Waals surface area contributed by atoms with Crippen molar-refractivity contribution in [2.45, 2.75) is 18.8 Å². The normalized spacial score (nSPS) is 15.1. The minimum absolute atomic E-state index is 0.0989. The Morgan fingerprint density at radius 1 is 0.893 bits per heavy atom. The Morgan fingerprint density at radius 2 is 1.39 bits per heavy atom. The Hall–Kier alpha value is -3.22. The molecule has 0 N–H and O–H groups in total. The molecule has 1 atom stereocenters. The zero-order chi connectivity index (χ0) is 20.4. The van der Waals surface area contributed by atoms with Gasteiger partial charge in [-0.05, 0) is 47.4 Å². The van der Waals surface area contributed by atoms with Crippen molar-refractivity contribution in [1.82, 2.24) is 0 Å². The predicted molar refractivity (Wildman–Crippen MR) is 98.6 cm³/mol. The number of carboxylic acids is 1. The van der Waals surface area contributed by atoms with Gasteiger partial charge in [-0.1, -0.05) is 0 Å². The van der Waals surface area contributed by atoms with E-state index in [0.717, 1.165) is 0 Å². The van der Waals surface area contributed by atoms with Crippen LogP contribution in [0.3, 0.4) is 0 Å². The number of hydrogen-bond donors (Lipinski definition) is 0. The van der Waals surface area contributed by atoms with Gasteiger partial charge in [0.15, 0.2) is 28.8 Å². The van der Waals surface area contributed by atoms with Gasteiger partial charge >= 0.3 is 0 Å². The van der Waals surface area contributed by atoms with E-state index >= 15 is 0 Å². The van der Waals surface area contributed by atoms with Crippen molar-refractivity contribution in [2.75, 3.05) is 28.4 Å². The van der Waals surface area contributed by atoms with Crippen molar-refractivity contribution < 1.29 is 33.6 Å². The Labute approximate surface area is 162 Å². The van der Waals surface area contributed by atoms with Crippen LogP contribution in [-0.4, -0.2) is 40.2 Å². The van der Waals surface area contributed by atoms with E-state index in [2.05, 4.69) is 0 Å². The number of carboxylic acid groups (broad SMARTS) is 1. The van der Waals surface area contributed by atoms with E-state index in [0.29, 0.717) is 45.3 Å². The van der Waals surface area contributed by atoms with Crippen LogP contribution in [0.4, 0.5) is 0 Å². The SMILES string of the molecule is COc1cc2c(cc1OC)[C@H](CC(=O)[O-])c1cc(OC)c(OC)cc1C(=O)C2. The molecule has 1 aliphatic rings. The fraction of sp³-hybridized carbons (Fsp3) is 0.333. The molecule has 7 nitrogen and oxygen atoms in total.